The first kappa shape index (κ1) is 17.1. The molecule has 1 heterocycles. The Bertz CT molecular complexity index is 575. The van der Waals surface area contributed by atoms with Crippen molar-refractivity contribution in [3.05, 3.63) is 33.8 Å². The van der Waals surface area contributed by atoms with Gasteiger partial charge in [-0.05, 0) is 24.6 Å². The molecule has 1 aromatic rings. The Morgan fingerprint density at radius 2 is 1.64 bits per heavy atom. The van der Waals surface area contributed by atoms with Crippen LogP contribution >= 0.6 is 23.2 Å². The van der Waals surface area contributed by atoms with Gasteiger partial charge in [0.1, 0.15) is 0 Å². The molecular formula is C16H20Cl2N2O2. The highest BCUT2D eigenvalue weighted by molar-refractivity contribution is 6.42. The lowest BCUT2D eigenvalue weighted by Gasteiger charge is -2.23. The maximum absolute atomic E-state index is 12.5. The van der Waals surface area contributed by atoms with Crippen molar-refractivity contribution in [2.24, 2.45) is 5.92 Å². The lowest BCUT2D eigenvalue weighted by Crippen LogP contribution is -2.38. The Balaban J connectivity index is 2.05. The van der Waals surface area contributed by atoms with Crippen LogP contribution in [0.4, 0.5) is 0 Å². The summed E-state index contributed by atoms with van der Waals surface area (Å²) in [5, 5.41) is 0.807. The summed E-state index contributed by atoms with van der Waals surface area (Å²) in [5.41, 5.74) is 0.526. The molecule has 0 aromatic heterocycles. The molecule has 0 saturated carbocycles. The molecule has 120 valence electrons. The second kappa shape index (κ2) is 7.34. The number of carbonyl (C=O) groups is 2. The summed E-state index contributed by atoms with van der Waals surface area (Å²) in [7, 11) is 0. The van der Waals surface area contributed by atoms with Crippen LogP contribution in [-0.4, -0.2) is 47.8 Å². The number of carbonyl (C=O) groups excluding carboxylic acids is 2. The van der Waals surface area contributed by atoms with Crippen molar-refractivity contribution < 1.29 is 9.59 Å². The van der Waals surface area contributed by atoms with E-state index in [1.807, 2.05) is 18.7 Å². The maximum Gasteiger partial charge on any atom is 0.253 e. The minimum Gasteiger partial charge on any atom is -0.341 e. The van der Waals surface area contributed by atoms with Gasteiger partial charge < -0.3 is 9.80 Å². The summed E-state index contributed by atoms with van der Waals surface area (Å²) in [6.45, 7) is 6.24. The average molecular weight is 343 g/mol. The summed E-state index contributed by atoms with van der Waals surface area (Å²) in [5.74, 6) is 0.0542. The maximum atomic E-state index is 12.5. The molecule has 6 heteroatoms. The van der Waals surface area contributed by atoms with Crippen LogP contribution in [0, 0.1) is 5.92 Å². The van der Waals surface area contributed by atoms with Crippen molar-refractivity contribution in [1.29, 1.82) is 0 Å². The van der Waals surface area contributed by atoms with E-state index >= 15 is 0 Å². The number of hydrogen-bond donors (Lipinski definition) is 0. The van der Waals surface area contributed by atoms with Gasteiger partial charge in [-0.1, -0.05) is 37.0 Å². The molecule has 2 amide bonds. The van der Waals surface area contributed by atoms with Crippen LogP contribution in [0.1, 0.15) is 30.6 Å². The van der Waals surface area contributed by atoms with E-state index in [9.17, 15) is 9.59 Å². The fourth-order valence-corrected chi connectivity index (χ4v) is 2.82. The van der Waals surface area contributed by atoms with Crippen molar-refractivity contribution in [3.63, 3.8) is 0 Å². The molecule has 1 aliphatic heterocycles. The number of hydrogen-bond acceptors (Lipinski definition) is 2. The number of rotatable bonds is 2. The molecule has 0 N–H and O–H groups in total. The van der Waals surface area contributed by atoms with Crippen LogP contribution in [0.5, 0.6) is 0 Å². The van der Waals surface area contributed by atoms with Crippen LogP contribution in [0.15, 0.2) is 18.2 Å². The van der Waals surface area contributed by atoms with Crippen molar-refractivity contribution in [3.8, 4) is 0 Å². The van der Waals surface area contributed by atoms with Crippen LogP contribution < -0.4 is 0 Å². The second-order valence-electron chi connectivity index (χ2n) is 5.75. The van der Waals surface area contributed by atoms with Gasteiger partial charge in [0.25, 0.3) is 5.91 Å². The van der Waals surface area contributed by atoms with E-state index in [0.717, 1.165) is 6.42 Å². The number of nitrogens with zero attached hydrogens (tertiary/aromatic N) is 2. The van der Waals surface area contributed by atoms with Gasteiger partial charge in [0, 0.05) is 37.7 Å². The van der Waals surface area contributed by atoms with Crippen LogP contribution in [0.25, 0.3) is 0 Å². The van der Waals surface area contributed by atoms with Gasteiger partial charge in [-0.3, -0.25) is 9.59 Å². The van der Waals surface area contributed by atoms with Gasteiger partial charge in [0.2, 0.25) is 5.91 Å². The highest BCUT2D eigenvalue weighted by Gasteiger charge is 2.24. The topological polar surface area (TPSA) is 40.6 Å². The molecule has 4 nitrogen and oxygen atoms in total. The Labute approximate surface area is 141 Å². The first-order chi connectivity index (χ1) is 10.4. The van der Waals surface area contributed by atoms with Gasteiger partial charge in [-0.15, -0.1) is 0 Å². The summed E-state index contributed by atoms with van der Waals surface area (Å²) in [4.78, 5) is 28.2. The minimum atomic E-state index is -0.0718. The third-order valence-corrected chi connectivity index (χ3v) is 4.49. The number of amides is 2. The molecule has 1 saturated heterocycles. The van der Waals surface area contributed by atoms with E-state index in [2.05, 4.69) is 0 Å². The summed E-state index contributed by atoms with van der Waals surface area (Å²) >= 11 is 11.9. The average Bonchev–Trinajstić information content (AvgIpc) is 2.74. The van der Waals surface area contributed by atoms with Gasteiger partial charge in [-0.25, -0.2) is 0 Å². The Morgan fingerprint density at radius 3 is 2.27 bits per heavy atom. The SMILES string of the molecule is CC(C)C(=O)N1CCCN(C(=O)c2ccc(Cl)c(Cl)c2)CC1. The molecule has 0 bridgehead atoms. The quantitative estimate of drug-likeness (QED) is 0.827. The minimum absolute atomic E-state index is 0.0164. The zero-order valence-corrected chi connectivity index (χ0v) is 14.3. The Kier molecular flexibility index (Phi) is 5.70. The third kappa shape index (κ3) is 3.93. The monoisotopic (exact) mass is 342 g/mol. The van der Waals surface area contributed by atoms with Gasteiger partial charge in [-0.2, -0.15) is 0 Å². The van der Waals surface area contributed by atoms with Crippen molar-refractivity contribution in [1.82, 2.24) is 9.80 Å². The molecule has 1 fully saturated rings. The van der Waals surface area contributed by atoms with E-state index < -0.39 is 0 Å². The predicted molar refractivity (Wildman–Crippen MR) is 88.4 cm³/mol. The van der Waals surface area contributed by atoms with E-state index in [1.165, 1.54) is 0 Å². The lowest BCUT2D eigenvalue weighted by atomic mass is 10.2. The normalized spacial score (nSPS) is 15.9. The van der Waals surface area contributed by atoms with Crippen molar-refractivity contribution in [2.75, 3.05) is 26.2 Å². The smallest absolute Gasteiger partial charge is 0.253 e. The molecule has 0 aliphatic carbocycles. The first-order valence-electron chi connectivity index (χ1n) is 7.43. The fraction of sp³-hybridized carbons (Fsp3) is 0.500. The fourth-order valence-electron chi connectivity index (χ4n) is 2.52. The number of benzene rings is 1. The second-order valence-corrected chi connectivity index (χ2v) is 6.57. The molecule has 2 rings (SSSR count). The molecule has 0 spiro atoms. The summed E-state index contributed by atoms with van der Waals surface area (Å²) in [6.07, 6.45) is 0.783. The predicted octanol–water partition coefficient (Wildman–Crippen LogP) is 3.32. The zero-order valence-electron chi connectivity index (χ0n) is 12.8. The van der Waals surface area contributed by atoms with Gasteiger partial charge in [0.15, 0.2) is 0 Å². The Hall–Kier alpha value is -1.26. The van der Waals surface area contributed by atoms with E-state index in [4.69, 9.17) is 23.2 Å². The lowest BCUT2D eigenvalue weighted by molar-refractivity contribution is -0.134. The molecular weight excluding hydrogens is 323 g/mol. The van der Waals surface area contributed by atoms with E-state index in [0.29, 0.717) is 41.8 Å². The molecule has 22 heavy (non-hydrogen) atoms. The van der Waals surface area contributed by atoms with Gasteiger partial charge in [0.05, 0.1) is 10.0 Å². The molecule has 1 aromatic carbocycles. The van der Waals surface area contributed by atoms with E-state index in [-0.39, 0.29) is 17.7 Å². The Morgan fingerprint density at radius 1 is 1.00 bits per heavy atom. The van der Waals surface area contributed by atoms with Gasteiger partial charge >= 0.3 is 0 Å². The summed E-state index contributed by atoms with van der Waals surface area (Å²) < 4.78 is 0. The summed E-state index contributed by atoms with van der Waals surface area (Å²) in [6, 6.07) is 4.90. The molecule has 1 aliphatic rings. The highest BCUT2D eigenvalue weighted by atomic mass is 35.5. The first-order valence-corrected chi connectivity index (χ1v) is 8.19. The highest BCUT2D eigenvalue weighted by Crippen LogP contribution is 2.23. The largest absolute Gasteiger partial charge is 0.341 e. The molecule has 0 atom stereocenters. The van der Waals surface area contributed by atoms with Crippen LogP contribution in [0.3, 0.4) is 0 Å². The third-order valence-electron chi connectivity index (χ3n) is 3.76. The van der Waals surface area contributed by atoms with Crippen LogP contribution in [0.2, 0.25) is 10.0 Å². The number of halogens is 2. The van der Waals surface area contributed by atoms with Crippen LogP contribution in [-0.2, 0) is 4.79 Å². The standard InChI is InChI=1S/C16H20Cl2N2O2/c1-11(2)15(21)19-6-3-7-20(9-8-19)16(22)12-4-5-13(17)14(18)10-12/h4-5,10-11H,3,6-9H2,1-2H3. The van der Waals surface area contributed by atoms with Crippen molar-refractivity contribution in [2.45, 2.75) is 20.3 Å². The van der Waals surface area contributed by atoms with E-state index in [1.54, 1.807) is 23.1 Å². The molecule has 0 radical (unpaired) electrons. The zero-order chi connectivity index (χ0) is 16.3. The molecule has 0 unspecified atom stereocenters. The van der Waals surface area contributed by atoms with Crippen molar-refractivity contribution >= 4 is 35.0 Å².